The van der Waals surface area contributed by atoms with Gasteiger partial charge in [-0.3, -0.25) is 4.79 Å². The molecular formula is C17H26N2O2. The summed E-state index contributed by atoms with van der Waals surface area (Å²) in [6, 6.07) is 4.02. The van der Waals surface area contributed by atoms with Gasteiger partial charge in [0, 0.05) is 44.4 Å². The summed E-state index contributed by atoms with van der Waals surface area (Å²) in [5.74, 6) is 0.558. The van der Waals surface area contributed by atoms with Crippen LogP contribution in [0.25, 0.3) is 0 Å². The van der Waals surface area contributed by atoms with E-state index in [2.05, 4.69) is 4.57 Å². The maximum absolute atomic E-state index is 12.3. The van der Waals surface area contributed by atoms with Crippen LogP contribution in [-0.4, -0.2) is 39.2 Å². The summed E-state index contributed by atoms with van der Waals surface area (Å²) >= 11 is 0. The number of amides is 1. The van der Waals surface area contributed by atoms with Crippen molar-refractivity contribution in [2.24, 2.45) is 5.92 Å². The molecule has 21 heavy (non-hydrogen) atoms. The van der Waals surface area contributed by atoms with E-state index >= 15 is 0 Å². The molecule has 1 saturated heterocycles. The molecular weight excluding hydrogens is 264 g/mol. The lowest BCUT2D eigenvalue weighted by atomic mass is 9.71. The van der Waals surface area contributed by atoms with Crippen LogP contribution in [0.4, 0.5) is 0 Å². The van der Waals surface area contributed by atoms with Crippen molar-refractivity contribution in [3.63, 3.8) is 0 Å². The van der Waals surface area contributed by atoms with Crippen LogP contribution >= 0.6 is 0 Å². The largest absolute Gasteiger partial charge is 0.389 e. The first-order valence-electron chi connectivity index (χ1n) is 8.28. The first-order valence-corrected chi connectivity index (χ1v) is 8.28. The molecule has 4 nitrogen and oxygen atoms in total. The highest BCUT2D eigenvalue weighted by Crippen LogP contribution is 2.39. The number of aliphatic hydroxyl groups is 1. The Hall–Kier alpha value is -1.29. The Morgan fingerprint density at radius 3 is 2.86 bits per heavy atom. The summed E-state index contributed by atoms with van der Waals surface area (Å²) in [7, 11) is 0. The summed E-state index contributed by atoms with van der Waals surface area (Å²) in [5, 5.41) is 10.7. The fourth-order valence-corrected chi connectivity index (χ4v) is 3.89. The Labute approximate surface area is 126 Å². The molecule has 0 radical (unpaired) electrons. The summed E-state index contributed by atoms with van der Waals surface area (Å²) in [4.78, 5) is 14.3. The highest BCUT2D eigenvalue weighted by molar-refractivity contribution is 5.76. The minimum Gasteiger partial charge on any atom is -0.389 e. The molecule has 1 saturated carbocycles. The number of hydrogen-bond donors (Lipinski definition) is 1. The average Bonchev–Trinajstić information content (AvgIpc) is 2.99. The summed E-state index contributed by atoms with van der Waals surface area (Å²) < 4.78 is 2.11. The van der Waals surface area contributed by atoms with Gasteiger partial charge in [-0.1, -0.05) is 12.8 Å². The van der Waals surface area contributed by atoms with Gasteiger partial charge in [-0.05, 0) is 37.8 Å². The number of nitrogens with zero attached hydrogens (tertiary/aromatic N) is 2. The van der Waals surface area contributed by atoms with Crippen LogP contribution in [0.15, 0.2) is 24.5 Å². The summed E-state index contributed by atoms with van der Waals surface area (Å²) in [6.07, 6.45) is 10.7. The lowest BCUT2D eigenvalue weighted by Gasteiger charge is -2.47. The summed E-state index contributed by atoms with van der Waals surface area (Å²) in [6.45, 7) is 2.40. The van der Waals surface area contributed by atoms with Crippen LogP contribution in [0.5, 0.6) is 0 Å². The predicted octanol–water partition coefficient (Wildman–Crippen LogP) is 2.42. The van der Waals surface area contributed by atoms with E-state index in [1.54, 1.807) is 0 Å². The third-order valence-corrected chi connectivity index (χ3v) is 5.25. The van der Waals surface area contributed by atoms with E-state index in [9.17, 15) is 9.90 Å². The van der Waals surface area contributed by atoms with Crippen LogP contribution in [-0.2, 0) is 11.3 Å². The van der Waals surface area contributed by atoms with Crippen molar-refractivity contribution in [2.45, 2.75) is 57.1 Å². The van der Waals surface area contributed by atoms with Gasteiger partial charge in [0.1, 0.15) is 0 Å². The fraction of sp³-hybridized carbons (Fsp3) is 0.706. The molecule has 2 atom stereocenters. The molecule has 2 aliphatic rings. The van der Waals surface area contributed by atoms with Gasteiger partial charge in [-0.25, -0.2) is 0 Å². The van der Waals surface area contributed by atoms with Crippen molar-refractivity contribution in [2.75, 3.05) is 13.1 Å². The zero-order valence-electron chi connectivity index (χ0n) is 12.7. The Morgan fingerprint density at radius 2 is 2.05 bits per heavy atom. The number of carbonyl (C=O) groups is 1. The predicted molar refractivity (Wildman–Crippen MR) is 81.8 cm³/mol. The Balaban J connectivity index is 1.47. The SMILES string of the molecule is O=C(CCCn1cccc1)N1CC[C@@]2(O)CCCC[C@@H]2C1. The zero-order valence-corrected chi connectivity index (χ0v) is 12.7. The standard InChI is InChI=1S/C17H26N2O2/c20-16(7-5-12-18-10-3-4-11-18)19-13-9-17(21)8-2-1-6-15(17)14-19/h3-4,10-11,15,21H,1-2,5-9,12-14H2/t15-,17+/m1/s1. The molecule has 0 bridgehead atoms. The second kappa shape index (κ2) is 6.22. The van der Waals surface area contributed by atoms with Gasteiger partial charge in [0.25, 0.3) is 0 Å². The number of piperidine rings is 1. The smallest absolute Gasteiger partial charge is 0.222 e. The van der Waals surface area contributed by atoms with Crippen molar-refractivity contribution >= 4 is 5.91 Å². The van der Waals surface area contributed by atoms with Gasteiger partial charge < -0.3 is 14.6 Å². The Bertz CT molecular complexity index is 471. The van der Waals surface area contributed by atoms with E-state index in [4.69, 9.17) is 0 Å². The molecule has 0 unspecified atom stereocenters. The number of carbonyl (C=O) groups excluding carboxylic acids is 1. The third-order valence-electron chi connectivity index (χ3n) is 5.25. The van der Waals surface area contributed by atoms with E-state index in [0.717, 1.165) is 51.7 Å². The molecule has 1 aliphatic heterocycles. The first-order chi connectivity index (χ1) is 10.2. The Kier molecular flexibility index (Phi) is 4.34. The molecule has 1 aromatic rings. The van der Waals surface area contributed by atoms with E-state index in [-0.39, 0.29) is 5.91 Å². The second-order valence-electron chi connectivity index (χ2n) is 6.66. The molecule has 3 rings (SSSR count). The van der Waals surface area contributed by atoms with Crippen LogP contribution in [0.2, 0.25) is 0 Å². The van der Waals surface area contributed by atoms with Crippen molar-refractivity contribution < 1.29 is 9.90 Å². The molecule has 116 valence electrons. The van der Waals surface area contributed by atoms with Crippen LogP contribution < -0.4 is 0 Å². The number of fused-ring (bicyclic) bond motifs is 1. The van der Waals surface area contributed by atoms with Crippen LogP contribution in [0, 0.1) is 5.92 Å². The van der Waals surface area contributed by atoms with Gasteiger partial charge in [-0.2, -0.15) is 0 Å². The molecule has 1 aliphatic carbocycles. The topological polar surface area (TPSA) is 45.5 Å². The number of hydrogen-bond acceptors (Lipinski definition) is 2. The summed E-state index contributed by atoms with van der Waals surface area (Å²) in [5.41, 5.74) is -0.486. The van der Waals surface area contributed by atoms with Crippen molar-refractivity contribution in [1.82, 2.24) is 9.47 Å². The molecule has 4 heteroatoms. The highest BCUT2D eigenvalue weighted by atomic mass is 16.3. The molecule has 0 aromatic carbocycles. The maximum atomic E-state index is 12.3. The van der Waals surface area contributed by atoms with E-state index in [1.165, 1.54) is 6.42 Å². The van der Waals surface area contributed by atoms with Gasteiger partial charge in [0.2, 0.25) is 5.91 Å². The van der Waals surface area contributed by atoms with E-state index in [0.29, 0.717) is 12.3 Å². The zero-order chi connectivity index (χ0) is 14.7. The van der Waals surface area contributed by atoms with Gasteiger partial charge >= 0.3 is 0 Å². The van der Waals surface area contributed by atoms with Crippen LogP contribution in [0.1, 0.15) is 44.9 Å². The van der Waals surface area contributed by atoms with E-state index in [1.807, 2.05) is 29.4 Å². The minimum absolute atomic E-state index is 0.259. The van der Waals surface area contributed by atoms with E-state index < -0.39 is 5.60 Å². The van der Waals surface area contributed by atoms with Gasteiger partial charge in [0.05, 0.1) is 5.60 Å². The maximum Gasteiger partial charge on any atom is 0.222 e. The number of aryl methyl sites for hydroxylation is 1. The first kappa shape index (κ1) is 14.6. The van der Waals surface area contributed by atoms with Crippen molar-refractivity contribution in [3.05, 3.63) is 24.5 Å². The molecule has 0 spiro atoms. The highest BCUT2D eigenvalue weighted by Gasteiger charge is 2.43. The second-order valence-corrected chi connectivity index (χ2v) is 6.66. The average molecular weight is 290 g/mol. The van der Waals surface area contributed by atoms with Gasteiger partial charge in [-0.15, -0.1) is 0 Å². The minimum atomic E-state index is -0.486. The van der Waals surface area contributed by atoms with Crippen molar-refractivity contribution in [3.8, 4) is 0 Å². The quantitative estimate of drug-likeness (QED) is 0.925. The normalized spacial score (nSPS) is 29.2. The molecule has 1 aromatic heterocycles. The molecule has 2 fully saturated rings. The monoisotopic (exact) mass is 290 g/mol. The number of likely N-dealkylation sites (tertiary alicyclic amines) is 1. The number of rotatable bonds is 4. The molecule has 1 amide bonds. The van der Waals surface area contributed by atoms with Gasteiger partial charge in [0.15, 0.2) is 0 Å². The lowest BCUT2D eigenvalue weighted by Crippen LogP contribution is -2.54. The van der Waals surface area contributed by atoms with Crippen LogP contribution in [0.3, 0.4) is 0 Å². The fourth-order valence-electron chi connectivity index (χ4n) is 3.89. The molecule has 2 heterocycles. The third kappa shape index (κ3) is 3.31. The lowest BCUT2D eigenvalue weighted by molar-refractivity contribution is -0.143. The number of aromatic nitrogens is 1. The molecule has 1 N–H and O–H groups in total. The Morgan fingerprint density at radius 1 is 1.24 bits per heavy atom. The van der Waals surface area contributed by atoms with Crippen molar-refractivity contribution in [1.29, 1.82) is 0 Å².